The zero-order valence-electron chi connectivity index (χ0n) is 12.0. The molecule has 3 rings (SSSR count). The van der Waals surface area contributed by atoms with Gasteiger partial charge in [-0.3, -0.25) is 25.0 Å². The first-order chi connectivity index (χ1) is 11.1. The molecule has 1 heterocycles. The number of nitrogens with one attached hydrogen (secondary N) is 2. The number of rotatable bonds is 4. The van der Waals surface area contributed by atoms with Gasteiger partial charge in [0.05, 0.1) is 22.9 Å². The second kappa shape index (κ2) is 6.50. The van der Waals surface area contributed by atoms with E-state index in [2.05, 4.69) is 15.8 Å². The summed E-state index contributed by atoms with van der Waals surface area (Å²) in [5.74, 6) is -0.362. The van der Waals surface area contributed by atoms with E-state index >= 15 is 0 Å². The highest BCUT2D eigenvalue weighted by Gasteiger charge is 2.07. The minimum atomic E-state index is -0.362. The van der Waals surface area contributed by atoms with Crippen LogP contribution in [0.15, 0.2) is 59.7 Å². The number of halogens is 1. The monoisotopic (exact) mass is 328 g/mol. The van der Waals surface area contributed by atoms with Gasteiger partial charge in [-0.25, -0.2) is 4.98 Å². The Hall–Kier alpha value is -2.86. The Bertz CT molecular complexity index is 906. The SMILES string of the molecule is O=C(Cn1cnc2ccccc2c1=O)NNc1ccc(Cl)cc1. The molecule has 7 heteroatoms. The largest absolute Gasteiger partial charge is 0.299 e. The van der Waals surface area contributed by atoms with Gasteiger partial charge in [0.25, 0.3) is 11.5 Å². The maximum Gasteiger partial charge on any atom is 0.261 e. The lowest BCUT2D eigenvalue weighted by molar-refractivity contribution is -0.121. The van der Waals surface area contributed by atoms with Crippen LogP contribution in [0.1, 0.15) is 0 Å². The van der Waals surface area contributed by atoms with E-state index in [0.717, 1.165) is 0 Å². The summed E-state index contributed by atoms with van der Waals surface area (Å²) in [5, 5.41) is 1.09. The van der Waals surface area contributed by atoms with Crippen LogP contribution in [0.5, 0.6) is 0 Å². The van der Waals surface area contributed by atoms with Gasteiger partial charge in [0.15, 0.2) is 0 Å². The van der Waals surface area contributed by atoms with Gasteiger partial charge in [0, 0.05) is 5.02 Å². The highest BCUT2D eigenvalue weighted by molar-refractivity contribution is 6.30. The van der Waals surface area contributed by atoms with E-state index in [1.54, 1.807) is 42.5 Å². The topological polar surface area (TPSA) is 76.0 Å². The van der Waals surface area contributed by atoms with Gasteiger partial charge in [-0.15, -0.1) is 0 Å². The van der Waals surface area contributed by atoms with Crippen molar-refractivity contribution >= 4 is 34.1 Å². The number of carbonyl (C=O) groups is 1. The molecule has 0 unspecified atom stereocenters. The molecule has 2 N–H and O–H groups in total. The van der Waals surface area contributed by atoms with Crippen LogP contribution in [0, 0.1) is 0 Å². The lowest BCUT2D eigenvalue weighted by Crippen LogP contribution is -2.35. The molecule has 0 bridgehead atoms. The number of hydrogen-bond acceptors (Lipinski definition) is 4. The van der Waals surface area contributed by atoms with E-state index in [-0.39, 0.29) is 18.0 Å². The average Bonchev–Trinajstić information content (AvgIpc) is 2.57. The standard InChI is InChI=1S/C16H13ClN4O2/c17-11-5-7-12(8-6-11)19-20-15(22)9-21-10-18-14-4-2-1-3-13(14)16(21)23/h1-8,10,19H,9H2,(H,20,22). The van der Waals surface area contributed by atoms with Crippen molar-refractivity contribution in [3.05, 3.63) is 70.2 Å². The molecule has 1 aromatic heterocycles. The van der Waals surface area contributed by atoms with E-state index in [1.165, 1.54) is 10.9 Å². The van der Waals surface area contributed by atoms with Crippen LogP contribution in [0.2, 0.25) is 5.02 Å². The van der Waals surface area contributed by atoms with E-state index in [4.69, 9.17) is 11.6 Å². The van der Waals surface area contributed by atoms with Gasteiger partial charge < -0.3 is 0 Å². The fraction of sp³-hybridized carbons (Fsp3) is 0.0625. The highest BCUT2D eigenvalue weighted by Crippen LogP contribution is 2.12. The maximum absolute atomic E-state index is 12.3. The molecule has 6 nitrogen and oxygen atoms in total. The van der Waals surface area contributed by atoms with Crippen molar-refractivity contribution in [3.63, 3.8) is 0 Å². The van der Waals surface area contributed by atoms with Crippen LogP contribution in [-0.2, 0) is 11.3 Å². The third-order valence-electron chi connectivity index (χ3n) is 3.24. The molecule has 0 aliphatic rings. The number of amides is 1. The van der Waals surface area contributed by atoms with Crippen molar-refractivity contribution in [1.82, 2.24) is 15.0 Å². The van der Waals surface area contributed by atoms with Crippen LogP contribution in [0.3, 0.4) is 0 Å². The molecule has 3 aromatic rings. The van der Waals surface area contributed by atoms with Crippen molar-refractivity contribution in [2.24, 2.45) is 0 Å². The molecule has 0 atom stereocenters. The molecule has 0 saturated carbocycles. The third kappa shape index (κ3) is 3.49. The molecule has 1 amide bonds. The summed E-state index contributed by atoms with van der Waals surface area (Å²) in [5.41, 5.74) is 6.32. The van der Waals surface area contributed by atoms with Gasteiger partial charge in [-0.1, -0.05) is 23.7 Å². The molecule has 23 heavy (non-hydrogen) atoms. The number of fused-ring (bicyclic) bond motifs is 1. The van der Waals surface area contributed by atoms with Crippen LogP contribution in [-0.4, -0.2) is 15.5 Å². The van der Waals surface area contributed by atoms with E-state index in [0.29, 0.717) is 21.6 Å². The third-order valence-corrected chi connectivity index (χ3v) is 3.49. The van der Waals surface area contributed by atoms with Crippen molar-refractivity contribution in [3.8, 4) is 0 Å². The Morgan fingerprint density at radius 2 is 1.87 bits per heavy atom. The molecule has 0 spiro atoms. The molecule has 0 saturated heterocycles. The Morgan fingerprint density at radius 3 is 2.65 bits per heavy atom. The highest BCUT2D eigenvalue weighted by atomic mass is 35.5. The van der Waals surface area contributed by atoms with Gasteiger partial charge >= 0.3 is 0 Å². The Labute approximate surface area is 136 Å². The minimum Gasteiger partial charge on any atom is -0.299 e. The Balaban J connectivity index is 1.69. The number of hydrazine groups is 1. The number of hydrogen-bond donors (Lipinski definition) is 2. The number of nitrogens with zero attached hydrogens (tertiary/aromatic N) is 2. The lowest BCUT2D eigenvalue weighted by atomic mass is 10.2. The molecule has 0 fully saturated rings. The molecule has 0 radical (unpaired) electrons. The second-order valence-corrected chi connectivity index (χ2v) is 5.31. The number of aromatic nitrogens is 2. The van der Waals surface area contributed by atoms with Crippen molar-refractivity contribution in [2.75, 3.05) is 5.43 Å². The van der Waals surface area contributed by atoms with E-state index in [1.807, 2.05) is 6.07 Å². The number of carbonyl (C=O) groups excluding carboxylic acids is 1. The van der Waals surface area contributed by atoms with E-state index < -0.39 is 0 Å². The van der Waals surface area contributed by atoms with Crippen molar-refractivity contribution in [2.45, 2.75) is 6.54 Å². The first kappa shape index (κ1) is 15.1. The molecule has 2 aromatic carbocycles. The molecule has 0 aliphatic carbocycles. The lowest BCUT2D eigenvalue weighted by Gasteiger charge is -2.10. The van der Waals surface area contributed by atoms with Crippen LogP contribution in [0.25, 0.3) is 10.9 Å². The zero-order chi connectivity index (χ0) is 16.2. The summed E-state index contributed by atoms with van der Waals surface area (Å²) in [6.07, 6.45) is 1.37. The summed E-state index contributed by atoms with van der Waals surface area (Å²) in [7, 11) is 0. The first-order valence-electron chi connectivity index (χ1n) is 6.88. The Morgan fingerprint density at radius 1 is 1.13 bits per heavy atom. The Kier molecular flexibility index (Phi) is 4.25. The van der Waals surface area contributed by atoms with Crippen LogP contribution in [0.4, 0.5) is 5.69 Å². The predicted octanol–water partition coefficient (Wildman–Crippen LogP) is 2.19. The van der Waals surface area contributed by atoms with Crippen molar-refractivity contribution in [1.29, 1.82) is 0 Å². The number of para-hydroxylation sites is 1. The summed E-state index contributed by atoms with van der Waals surface area (Å²) in [6, 6.07) is 13.9. The van der Waals surface area contributed by atoms with Crippen LogP contribution < -0.4 is 16.4 Å². The van der Waals surface area contributed by atoms with Crippen molar-refractivity contribution < 1.29 is 4.79 Å². The van der Waals surface area contributed by atoms with Gasteiger partial charge in [-0.05, 0) is 36.4 Å². The maximum atomic E-state index is 12.3. The molecule has 116 valence electrons. The predicted molar refractivity (Wildman–Crippen MR) is 89.2 cm³/mol. The van der Waals surface area contributed by atoms with Gasteiger partial charge in [-0.2, -0.15) is 0 Å². The average molecular weight is 329 g/mol. The minimum absolute atomic E-state index is 0.128. The summed E-state index contributed by atoms with van der Waals surface area (Å²) in [6.45, 7) is -0.128. The molecular formula is C16H13ClN4O2. The fourth-order valence-electron chi connectivity index (χ4n) is 2.09. The quantitative estimate of drug-likeness (QED) is 0.720. The molecule has 0 aliphatic heterocycles. The van der Waals surface area contributed by atoms with E-state index in [9.17, 15) is 9.59 Å². The summed E-state index contributed by atoms with van der Waals surface area (Å²) in [4.78, 5) is 28.4. The normalized spacial score (nSPS) is 10.5. The zero-order valence-corrected chi connectivity index (χ0v) is 12.7. The second-order valence-electron chi connectivity index (χ2n) is 4.87. The molecular weight excluding hydrogens is 316 g/mol. The number of anilines is 1. The number of benzene rings is 2. The summed E-state index contributed by atoms with van der Waals surface area (Å²) >= 11 is 5.79. The van der Waals surface area contributed by atoms with Gasteiger partial charge in [0.2, 0.25) is 0 Å². The fourth-order valence-corrected chi connectivity index (χ4v) is 2.21. The van der Waals surface area contributed by atoms with Gasteiger partial charge in [0.1, 0.15) is 6.54 Å². The smallest absolute Gasteiger partial charge is 0.261 e. The first-order valence-corrected chi connectivity index (χ1v) is 7.26. The summed E-state index contributed by atoms with van der Waals surface area (Å²) < 4.78 is 1.27. The van der Waals surface area contributed by atoms with Crippen LogP contribution >= 0.6 is 11.6 Å².